The van der Waals surface area contributed by atoms with E-state index in [9.17, 15) is 0 Å². The number of nitrogens with zero attached hydrogens (tertiary/aromatic N) is 2. The summed E-state index contributed by atoms with van der Waals surface area (Å²) in [4.78, 5) is 6.70. The zero-order valence-corrected chi connectivity index (χ0v) is 11.4. The van der Waals surface area contributed by atoms with Crippen molar-refractivity contribution in [2.45, 2.75) is 12.8 Å². The van der Waals surface area contributed by atoms with Crippen molar-refractivity contribution >= 4 is 11.6 Å². The lowest BCUT2D eigenvalue weighted by Gasteiger charge is -2.23. The molecule has 3 rings (SSSR count). The van der Waals surface area contributed by atoms with Gasteiger partial charge in [-0.05, 0) is 24.5 Å². The molecule has 0 aliphatic carbocycles. The van der Waals surface area contributed by atoms with Gasteiger partial charge in [0.2, 0.25) is 0 Å². The van der Waals surface area contributed by atoms with Crippen LogP contribution in [-0.2, 0) is 11.2 Å². The molecule has 0 radical (unpaired) electrons. The predicted molar refractivity (Wildman–Crippen MR) is 77.8 cm³/mol. The van der Waals surface area contributed by atoms with E-state index in [1.165, 1.54) is 11.3 Å². The van der Waals surface area contributed by atoms with Gasteiger partial charge >= 0.3 is 0 Å². The minimum atomic E-state index is 0.620. The van der Waals surface area contributed by atoms with Crippen LogP contribution in [0.2, 0.25) is 0 Å². The fraction of sp³-hybridized carbons (Fsp3) is 0.533. The quantitative estimate of drug-likeness (QED) is 0.648. The Kier molecular flexibility index (Phi) is 3.69. The first kappa shape index (κ1) is 12.5. The van der Waals surface area contributed by atoms with Gasteiger partial charge in [-0.25, -0.2) is 0 Å². The van der Waals surface area contributed by atoms with Crippen LogP contribution in [-0.4, -0.2) is 39.3 Å². The molecule has 2 aliphatic rings. The third-order valence-corrected chi connectivity index (χ3v) is 3.93. The van der Waals surface area contributed by atoms with Gasteiger partial charge in [0.1, 0.15) is 0 Å². The van der Waals surface area contributed by atoms with Crippen LogP contribution < -0.4 is 10.2 Å². The maximum Gasteiger partial charge on any atom is 0.198 e. The highest BCUT2D eigenvalue weighted by molar-refractivity contribution is 5.97. The molecule has 4 nitrogen and oxygen atoms in total. The fourth-order valence-electron chi connectivity index (χ4n) is 2.83. The zero-order valence-electron chi connectivity index (χ0n) is 11.4. The molecule has 1 N–H and O–H groups in total. The summed E-state index contributed by atoms with van der Waals surface area (Å²) in [5, 5.41) is 3.49. The summed E-state index contributed by atoms with van der Waals surface area (Å²) in [6.07, 6.45) is 2.25. The third-order valence-electron chi connectivity index (χ3n) is 3.93. The van der Waals surface area contributed by atoms with Gasteiger partial charge in [0.05, 0.1) is 6.61 Å². The summed E-state index contributed by atoms with van der Waals surface area (Å²) in [7, 11) is 1.86. The third kappa shape index (κ3) is 2.59. The molecule has 0 spiro atoms. The lowest BCUT2D eigenvalue weighted by Crippen LogP contribution is -2.42. The first-order valence-electron chi connectivity index (χ1n) is 7.02. The van der Waals surface area contributed by atoms with Gasteiger partial charge in [-0.15, -0.1) is 0 Å². The molecule has 2 heterocycles. The Morgan fingerprint density at radius 3 is 3.16 bits per heavy atom. The van der Waals surface area contributed by atoms with E-state index in [1.54, 1.807) is 0 Å². The lowest BCUT2D eigenvalue weighted by atomic mass is 10.1. The van der Waals surface area contributed by atoms with Crippen molar-refractivity contribution < 1.29 is 4.74 Å². The molecule has 0 aromatic heterocycles. The Labute approximate surface area is 114 Å². The van der Waals surface area contributed by atoms with Crippen molar-refractivity contribution in [2.24, 2.45) is 10.9 Å². The van der Waals surface area contributed by atoms with Crippen LogP contribution in [0.4, 0.5) is 5.69 Å². The van der Waals surface area contributed by atoms with Gasteiger partial charge in [-0.2, -0.15) is 0 Å². The summed E-state index contributed by atoms with van der Waals surface area (Å²) >= 11 is 0. The molecule has 19 heavy (non-hydrogen) atoms. The highest BCUT2D eigenvalue weighted by Crippen LogP contribution is 2.27. The summed E-state index contributed by atoms with van der Waals surface area (Å²) in [5.74, 6) is 1.60. The summed E-state index contributed by atoms with van der Waals surface area (Å²) in [5.41, 5.74) is 2.70. The van der Waals surface area contributed by atoms with Gasteiger partial charge < -0.3 is 15.0 Å². The molecule has 1 atom stereocenters. The molecule has 1 aromatic carbocycles. The summed E-state index contributed by atoms with van der Waals surface area (Å²) in [6, 6.07) is 8.57. The second kappa shape index (κ2) is 5.61. The number of anilines is 1. The Morgan fingerprint density at radius 1 is 1.47 bits per heavy atom. The molecule has 1 unspecified atom stereocenters. The Hall–Kier alpha value is -1.55. The van der Waals surface area contributed by atoms with Crippen molar-refractivity contribution in [3.05, 3.63) is 29.8 Å². The first-order valence-corrected chi connectivity index (χ1v) is 7.02. The maximum atomic E-state index is 5.41. The molecule has 1 fully saturated rings. The van der Waals surface area contributed by atoms with E-state index in [4.69, 9.17) is 4.74 Å². The highest BCUT2D eigenvalue weighted by Gasteiger charge is 2.23. The van der Waals surface area contributed by atoms with Crippen LogP contribution in [0.3, 0.4) is 0 Å². The molecule has 1 saturated heterocycles. The summed E-state index contributed by atoms with van der Waals surface area (Å²) < 4.78 is 5.41. The van der Waals surface area contributed by atoms with Gasteiger partial charge in [-0.3, -0.25) is 4.99 Å². The number of fused-ring (bicyclic) bond motifs is 1. The number of nitrogens with one attached hydrogen (secondary N) is 1. The van der Waals surface area contributed by atoms with Crippen LogP contribution >= 0.6 is 0 Å². The van der Waals surface area contributed by atoms with E-state index in [0.717, 1.165) is 45.1 Å². The average Bonchev–Trinajstić information content (AvgIpc) is 3.09. The molecule has 0 bridgehead atoms. The largest absolute Gasteiger partial charge is 0.381 e. The van der Waals surface area contributed by atoms with Crippen LogP contribution in [0.15, 0.2) is 29.3 Å². The fourth-order valence-corrected chi connectivity index (χ4v) is 2.83. The second-order valence-corrected chi connectivity index (χ2v) is 5.19. The topological polar surface area (TPSA) is 36.9 Å². The van der Waals surface area contributed by atoms with Crippen molar-refractivity contribution in [1.29, 1.82) is 0 Å². The number of rotatable bonds is 2. The number of para-hydroxylation sites is 1. The molecule has 0 saturated carbocycles. The van der Waals surface area contributed by atoms with E-state index >= 15 is 0 Å². The van der Waals surface area contributed by atoms with E-state index in [2.05, 4.69) is 39.5 Å². The second-order valence-electron chi connectivity index (χ2n) is 5.19. The SMILES string of the molecule is CN=C(NCC1CCOC1)N1CCc2ccccc21. The van der Waals surface area contributed by atoms with Crippen LogP contribution in [0, 0.1) is 5.92 Å². The van der Waals surface area contributed by atoms with E-state index < -0.39 is 0 Å². The smallest absolute Gasteiger partial charge is 0.198 e. The van der Waals surface area contributed by atoms with Crippen LogP contribution in [0.5, 0.6) is 0 Å². The van der Waals surface area contributed by atoms with Crippen LogP contribution in [0.25, 0.3) is 0 Å². The van der Waals surface area contributed by atoms with Crippen molar-refractivity contribution in [2.75, 3.05) is 38.3 Å². The minimum absolute atomic E-state index is 0.620. The number of guanidine groups is 1. The molecular formula is C15H21N3O. The molecule has 102 valence electrons. The normalized spacial score (nSPS) is 22.7. The first-order chi connectivity index (χ1) is 9.38. The summed E-state index contributed by atoms with van der Waals surface area (Å²) in [6.45, 7) is 3.74. The molecular weight excluding hydrogens is 238 g/mol. The molecule has 4 heteroatoms. The van der Waals surface area contributed by atoms with Crippen molar-refractivity contribution in [1.82, 2.24) is 5.32 Å². The van der Waals surface area contributed by atoms with E-state index in [1.807, 2.05) is 7.05 Å². The number of aliphatic imine (C=N–C) groups is 1. The number of benzene rings is 1. The standard InChI is InChI=1S/C15H21N3O/c1-16-15(17-10-12-7-9-19-11-12)18-8-6-13-4-2-3-5-14(13)18/h2-5,12H,6-11H2,1H3,(H,16,17). The highest BCUT2D eigenvalue weighted by atomic mass is 16.5. The van der Waals surface area contributed by atoms with Gasteiger partial charge in [0.15, 0.2) is 5.96 Å². The van der Waals surface area contributed by atoms with Crippen molar-refractivity contribution in [3.8, 4) is 0 Å². The number of hydrogen-bond acceptors (Lipinski definition) is 2. The molecule has 0 amide bonds. The number of hydrogen-bond donors (Lipinski definition) is 1. The van der Waals surface area contributed by atoms with Gasteiger partial charge in [-0.1, -0.05) is 18.2 Å². The monoisotopic (exact) mass is 259 g/mol. The zero-order chi connectivity index (χ0) is 13.1. The number of ether oxygens (including phenoxy) is 1. The van der Waals surface area contributed by atoms with E-state index in [0.29, 0.717) is 5.92 Å². The van der Waals surface area contributed by atoms with Crippen LogP contribution in [0.1, 0.15) is 12.0 Å². The Bertz CT molecular complexity index is 466. The van der Waals surface area contributed by atoms with Gasteiger partial charge in [0.25, 0.3) is 0 Å². The Balaban J connectivity index is 1.66. The van der Waals surface area contributed by atoms with E-state index in [-0.39, 0.29) is 0 Å². The maximum absolute atomic E-state index is 5.41. The minimum Gasteiger partial charge on any atom is -0.381 e. The van der Waals surface area contributed by atoms with Crippen molar-refractivity contribution in [3.63, 3.8) is 0 Å². The molecule has 1 aromatic rings. The predicted octanol–water partition coefficient (Wildman–Crippen LogP) is 1.66. The van der Waals surface area contributed by atoms with Gasteiger partial charge in [0, 0.05) is 38.3 Å². The lowest BCUT2D eigenvalue weighted by molar-refractivity contribution is 0.186. The average molecular weight is 259 g/mol. The Morgan fingerprint density at radius 2 is 2.37 bits per heavy atom. The molecule has 2 aliphatic heterocycles.